The summed E-state index contributed by atoms with van der Waals surface area (Å²) in [4.78, 5) is 0. The van der Waals surface area contributed by atoms with Gasteiger partial charge in [0.1, 0.15) is 11.8 Å². The van der Waals surface area contributed by atoms with E-state index in [9.17, 15) is 0 Å². The molecule has 0 bridgehead atoms. The van der Waals surface area contributed by atoms with Gasteiger partial charge in [-0.2, -0.15) is 0 Å². The van der Waals surface area contributed by atoms with Gasteiger partial charge in [-0.3, -0.25) is 0 Å². The third-order valence-electron chi connectivity index (χ3n) is 4.74. The van der Waals surface area contributed by atoms with Gasteiger partial charge in [-0.1, -0.05) is 49.7 Å². The van der Waals surface area contributed by atoms with E-state index in [1.807, 2.05) is 12.1 Å². The third-order valence-corrected chi connectivity index (χ3v) is 4.99. The molecule has 2 N–H and O–H groups in total. The molecular formula is C21H29ClNO+. The van der Waals surface area contributed by atoms with Crippen molar-refractivity contribution in [3.8, 4) is 5.75 Å². The standard InChI is InChI=1S/C21H28ClNO/c1-15(2)21(18-7-11-20(24-4)12-8-18)13-14-23-16(3)17-5-9-19(22)10-6-17/h5-12,15-16,21,23H,13-14H2,1-4H3/p+1/t16-,21+/m1/s1. The van der Waals surface area contributed by atoms with Gasteiger partial charge in [-0.05, 0) is 48.6 Å². The highest BCUT2D eigenvalue weighted by Crippen LogP contribution is 2.28. The Morgan fingerprint density at radius 1 is 0.917 bits per heavy atom. The molecule has 0 amide bonds. The van der Waals surface area contributed by atoms with E-state index >= 15 is 0 Å². The van der Waals surface area contributed by atoms with E-state index in [0.29, 0.717) is 17.9 Å². The lowest BCUT2D eigenvalue weighted by molar-refractivity contribution is -0.693. The molecule has 0 unspecified atom stereocenters. The maximum absolute atomic E-state index is 5.97. The Balaban J connectivity index is 1.92. The number of benzene rings is 2. The fourth-order valence-corrected chi connectivity index (χ4v) is 3.29. The van der Waals surface area contributed by atoms with Crippen molar-refractivity contribution >= 4 is 11.6 Å². The molecule has 0 radical (unpaired) electrons. The van der Waals surface area contributed by atoms with E-state index in [0.717, 1.165) is 17.3 Å². The van der Waals surface area contributed by atoms with Crippen molar-refractivity contribution in [2.75, 3.05) is 13.7 Å². The predicted molar refractivity (Wildman–Crippen MR) is 102 cm³/mol. The van der Waals surface area contributed by atoms with Crippen LogP contribution in [0, 0.1) is 5.92 Å². The van der Waals surface area contributed by atoms with Crippen LogP contribution in [0.5, 0.6) is 5.75 Å². The summed E-state index contributed by atoms with van der Waals surface area (Å²) < 4.78 is 5.26. The molecule has 24 heavy (non-hydrogen) atoms. The minimum absolute atomic E-state index is 0.450. The quantitative estimate of drug-likeness (QED) is 0.729. The normalized spacial score (nSPS) is 13.8. The molecule has 0 aromatic heterocycles. The Morgan fingerprint density at radius 3 is 2.04 bits per heavy atom. The molecule has 0 fully saturated rings. The number of halogens is 1. The van der Waals surface area contributed by atoms with Crippen LogP contribution in [0.15, 0.2) is 48.5 Å². The predicted octanol–water partition coefficient (Wildman–Crippen LogP) is 4.80. The summed E-state index contributed by atoms with van der Waals surface area (Å²) in [6.45, 7) is 7.97. The summed E-state index contributed by atoms with van der Waals surface area (Å²) >= 11 is 5.97. The zero-order valence-electron chi connectivity index (χ0n) is 15.1. The molecule has 2 aromatic rings. The largest absolute Gasteiger partial charge is 0.497 e. The fraction of sp³-hybridized carbons (Fsp3) is 0.429. The van der Waals surface area contributed by atoms with E-state index < -0.39 is 0 Å². The fourth-order valence-electron chi connectivity index (χ4n) is 3.16. The van der Waals surface area contributed by atoms with Crippen molar-refractivity contribution in [2.24, 2.45) is 5.92 Å². The second-order valence-electron chi connectivity index (χ2n) is 6.78. The number of ether oxygens (including phenoxy) is 1. The molecule has 0 heterocycles. The van der Waals surface area contributed by atoms with E-state index in [2.05, 4.69) is 62.5 Å². The van der Waals surface area contributed by atoms with E-state index in [1.54, 1.807) is 7.11 Å². The van der Waals surface area contributed by atoms with Crippen LogP contribution in [0.1, 0.15) is 50.3 Å². The van der Waals surface area contributed by atoms with Gasteiger partial charge in [-0.15, -0.1) is 0 Å². The van der Waals surface area contributed by atoms with Crippen molar-refractivity contribution in [3.63, 3.8) is 0 Å². The molecule has 2 atom stereocenters. The summed E-state index contributed by atoms with van der Waals surface area (Å²) in [6.07, 6.45) is 1.17. The van der Waals surface area contributed by atoms with Crippen LogP contribution in [0.2, 0.25) is 5.02 Å². The van der Waals surface area contributed by atoms with Crippen LogP contribution in [0.25, 0.3) is 0 Å². The molecule has 0 aliphatic carbocycles. The maximum Gasteiger partial charge on any atom is 0.118 e. The van der Waals surface area contributed by atoms with Crippen LogP contribution < -0.4 is 10.1 Å². The van der Waals surface area contributed by atoms with Crippen molar-refractivity contribution in [2.45, 2.75) is 39.2 Å². The van der Waals surface area contributed by atoms with Crippen LogP contribution in [-0.2, 0) is 0 Å². The Bertz CT molecular complexity index is 607. The number of rotatable bonds is 8. The lowest BCUT2D eigenvalue weighted by atomic mass is 9.85. The Kier molecular flexibility index (Phi) is 7.14. The number of methoxy groups -OCH3 is 1. The van der Waals surface area contributed by atoms with Gasteiger partial charge in [-0.25, -0.2) is 0 Å². The van der Waals surface area contributed by atoms with Gasteiger partial charge in [0.25, 0.3) is 0 Å². The minimum atomic E-state index is 0.450. The monoisotopic (exact) mass is 346 g/mol. The highest BCUT2D eigenvalue weighted by atomic mass is 35.5. The number of hydrogen-bond donors (Lipinski definition) is 1. The summed E-state index contributed by atoms with van der Waals surface area (Å²) in [5, 5.41) is 3.22. The van der Waals surface area contributed by atoms with Crippen LogP contribution in [0.4, 0.5) is 0 Å². The van der Waals surface area contributed by atoms with Gasteiger partial charge < -0.3 is 10.1 Å². The first-order valence-electron chi connectivity index (χ1n) is 8.74. The van der Waals surface area contributed by atoms with Gasteiger partial charge >= 0.3 is 0 Å². The summed E-state index contributed by atoms with van der Waals surface area (Å²) in [6, 6.07) is 17.1. The lowest BCUT2D eigenvalue weighted by Gasteiger charge is -2.22. The van der Waals surface area contributed by atoms with Gasteiger partial charge in [0, 0.05) is 17.0 Å². The summed E-state index contributed by atoms with van der Waals surface area (Å²) in [5.41, 5.74) is 2.73. The van der Waals surface area contributed by atoms with Gasteiger partial charge in [0.2, 0.25) is 0 Å². The zero-order valence-corrected chi connectivity index (χ0v) is 15.9. The first-order chi connectivity index (χ1) is 11.5. The average molecular weight is 347 g/mol. The van der Waals surface area contributed by atoms with Crippen molar-refractivity contribution in [1.82, 2.24) is 0 Å². The smallest absolute Gasteiger partial charge is 0.118 e. The second-order valence-corrected chi connectivity index (χ2v) is 7.21. The summed E-state index contributed by atoms with van der Waals surface area (Å²) in [5.74, 6) is 2.12. The minimum Gasteiger partial charge on any atom is -0.497 e. The lowest BCUT2D eigenvalue weighted by Crippen LogP contribution is -2.84. The number of nitrogens with two attached hydrogens (primary N) is 1. The molecule has 0 aliphatic heterocycles. The Hall–Kier alpha value is -1.51. The van der Waals surface area contributed by atoms with Crippen molar-refractivity contribution in [3.05, 3.63) is 64.7 Å². The molecule has 2 nitrogen and oxygen atoms in total. The second kappa shape index (κ2) is 9.10. The average Bonchev–Trinajstić information content (AvgIpc) is 2.59. The highest BCUT2D eigenvalue weighted by Gasteiger charge is 2.17. The summed E-state index contributed by atoms with van der Waals surface area (Å²) in [7, 11) is 1.71. The first kappa shape index (κ1) is 18.8. The molecule has 0 saturated heterocycles. The third kappa shape index (κ3) is 5.25. The molecule has 3 heteroatoms. The molecule has 130 valence electrons. The molecule has 0 saturated carbocycles. The van der Waals surface area contributed by atoms with E-state index in [1.165, 1.54) is 17.5 Å². The topological polar surface area (TPSA) is 25.8 Å². The number of hydrogen-bond acceptors (Lipinski definition) is 1. The highest BCUT2D eigenvalue weighted by molar-refractivity contribution is 6.30. The van der Waals surface area contributed by atoms with Crippen molar-refractivity contribution < 1.29 is 10.1 Å². The molecular weight excluding hydrogens is 318 g/mol. The van der Waals surface area contributed by atoms with Crippen LogP contribution in [0.3, 0.4) is 0 Å². The van der Waals surface area contributed by atoms with Gasteiger partial charge in [0.05, 0.1) is 13.7 Å². The molecule has 2 rings (SSSR count). The Labute approximate surface area is 151 Å². The van der Waals surface area contributed by atoms with Crippen LogP contribution >= 0.6 is 11.6 Å². The van der Waals surface area contributed by atoms with Gasteiger partial charge in [0.15, 0.2) is 0 Å². The SMILES string of the molecule is COc1ccc([C@@H](CC[NH2+][C@H](C)c2ccc(Cl)cc2)C(C)C)cc1. The molecule has 0 spiro atoms. The van der Waals surface area contributed by atoms with E-state index in [4.69, 9.17) is 16.3 Å². The first-order valence-corrected chi connectivity index (χ1v) is 9.11. The zero-order chi connectivity index (χ0) is 17.5. The Morgan fingerprint density at radius 2 is 1.50 bits per heavy atom. The maximum atomic E-state index is 5.97. The van der Waals surface area contributed by atoms with Crippen LogP contribution in [-0.4, -0.2) is 13.7 Å². The van der Waals surface area contributed by atoms with E-state index in [-0.39, 0.29) is 0 Å². The molecule has 2 aromatic carbocycles. The molecule has 0 aliphatic rings. The van der Waals surface area contributed by atoms with Crippen molar-refractivity contribution in [1.29, 1.82) is 0 Å². The number of quaternary nitrogens is 1.